The lowest BCUT2D eigenvalue weighted by Gasteiger charge is -2.30. The Balaban J connectivity index is 1.64. The lowest BCUT2D eigenvalue weighted by Crippen LogP contribution is -2.49. The number of unbranched alkanes of at least 4 members (excludes halogenated alkanes) is 1. The van der Waals surface area contributed by atoms with Crippen molar-refractivity contribution in [2.75, 3.05) is 20.3 Å². The van der Waals surface area contributed by atoms with Crippen molar-refractivity contribution >= 4 is 38.8 Å². The second kappa shape index (κ2) is 14.9. The van der Waals surface area contributed by atoms with Gasteiger partial charge in [0.15, 0.2) is 0 Å². The van der Waals surface area contributed by atoms with Gasteiger partial charge in [-0.05, 0) is 77.6 Å². The number of hydrogen-bond donors (Lipinski definition) is 3. The van der Waals surface area contributed by atoms with Gasteiger partial charge in [-0.3, -0.25) is 9.59 Å². The van der Waals surface area contributed by atoms with Crippen LogP contribution in [0.1, 0.15) is 75.9 Å². The molecule has 3 rings (SSSR count). The van der Waals surface area contributed by atoms with Crippen molar-refractivity contribution in [2.45, 2.75) is 78.0 Å². The first kappa shape index (κ1) is 36.9. The van der Waals surface area contributed by atoms with Gasteiger partial charge >= 0.3 is 12.1 Å². The van der Waals surface area contributed by atoms with Crippen molar-refractivity contribution in [1.29, 1.82) is 0 Å². The molecule has 1 heterocycles. The molecule has 0 saturated carbocycles. The van der Waals surface area contributed by atoms with Gasteiger partial charge in [-0.25, -0.2) is 22.3 Å². The number of hydrogen-bond acceptors (Lipinski definition) is 10. The lowest BCUT2D eigenvalue weighted by molar-refractivity contribution is -0.124. The Morgan fingerprint density at radius 2 is 1.64 bits per heavy atom. The summed E-state index contributed by atoms with van der Waals surface area (Å²) in [6, 6.07) is 9.79. The first-order valence-corrected chi connectivity index (χ1v) is 16.5. The van der Waals surface area contributed by atoms with Crippen LogP contribution in [0.2, 0.25) is 0 Å². The molecule has 2 aromatic rings. The number of rotatable bonds is 12. The lowest BCUT2D eigenvalue weighted by atomic mass is 10.0. The molecule has 3 N–H and O–H groups in total. The first-order chi connectivity index (χ1) is 21.8. The summed E-state index contributed by atoms with van der Waals surface area (Å²) in [5.74, 6) is -1.90. The summed E-state index contributed by atoms with van der Waals surface area (Å²) >= 11 is 0. The smallest absolute Gasteiger partial charge is 0.408 e. The number of benzene rings is 2. The second-order valence-corrected chi connectivity index (χ2v) is 14.6. The van der Waals surface area contributed by atoms with Crippen LogP contribution in [0.5, 0.6) is 11.5 Å². The zero-order valence-electron chi connectivity index (χ0n) is 27.7. The largest absolute Gasteiger partial charge is 0.507 e. The molecular weight excluding hydrogens is 630 g/mol. The fourth-order valence-electron chi connectivity index (χ4n) is 4.78. The highest BCUT2D eigenvalue weighted by atomic mass is 32.2. The third-order valence-corrected chi connectivity index (χ3v) is 8.91. The number of nitrogens with one attached hydrogen (secondary N) is 2. The maximum atomic E-state index is 13.2. The second-order valence-electron chi connectivity index (χ2n) is 12.9. The molecule has 0 aromatic heterocycles. The van der Waals surface area contributed by atoms with E-state index in [1.165, 1.54) is 25.3 Å². The molecule has 0 fully saturated rings. The highest BCUT2D eigenvalue weighted by molar-refractivity contribution is 7.99. The molecule has 0 saturated heterocycles. The van der Waals surface area contributed by atoms with E-state index in [0.717, 1.165) is 10.4 Å². The van der Waals surface area contributed by atoms with Gasteiger partial charge in [0.2, 0.25) is 5.91 Å². The quantitative estimate of drug-likeness (QED) is 0.221. The van der Waals surface area contributed by atoms with E-state index < -0.39 is 51.1 Å². The van der Waals surface area contributed by atoms with E-state index in [4.69, 9.17) is 14.2 Å². The number of sulfonamides is 1. The van der Waals surface area contributed by atoms with Gasteiger partial charge in [-0.1, -0.05) is 30.3 Å². The molecule has 3 amide bonds. The Bertz CT molecular complexity index is 1620. The molecule has 256 valence electrons. The average molecular weight is 674 g/mol. The van der Waals surface area contributed by atoms with Gasteiger partial charge in [0.05, 0.1) is 19.3 Å². The summed E-state index contributed by atoms with van der Waals surface area (Å²) in [6.45, 7) is 10.5. The van der Waals surface area contributed by atoms with E-state index in [1.54, 1.807) is 65.8 Å². The summed E-state index contributed by atoms with van der Waals surface area (Å²) in [6.07, 6.45) is 1.39. The molecular formula is C33H43N3O10S. The van der Waals surface area contributed by atoms with E-state index in [-0.39, 0.29) is 41.5 Å². The summed E-state index contributed by atoms with van der Waals surface area (Å²) in [7, 11) is -2.85. The number of amides is 3. The van der Waals surface area contributed by atoms with Crippen LogP contribution in [0.3, 0.4) is 0 Å². The fraction of sp³-hybridized carbons (Fsp3) is 0.455. The van der Waals surface area contributed by atoms with Crippen LogP contribution >= 0.6 is 0 Å². The van der Waals surface area contributed by atoms with E-state index in [1.807, 2.05) is 0 Å². The van der Waals surface area contributed by atoms with Crippen molar-refractivity contribution in [3.63, 3.8) is 0 Å². The Morgan fingerprint density at radius 1 is 0.979 bits per heavy atom. The van der Waals surface area contributed by atoms with E-state index in [9.17, 15) is 32.7 Å². The van der Waals surface area contributed by atoms with Crippen LogP contribution in [-0.4, -0.2) is 79.1 Å². The number of carbonyl (C=O) groups is 4. The molecule has 47 heavy (non-hydrogen) atoms. The molecule has 0 radical (unpaired) electrons. The molecule has 0 unspecified atom stereocenters. The van der Waals surface area contributed by atoms with E-state index in [0.29, 0.717) is 24.0 Å². The Morgan fingerprint density at radius 3 is 2.21 bits per heavy atom. The minimum Gasteiger partial charge on any atom is -0.507 e. The Hall–Kier alpha value is -4.59. The predicted octanol–water partition coefficient (Wildman–Crippen LogP) is 3.90. The Kier molecular flexibility index (Phi) is 11.7. The zero-order chi connectivity index (χ0) is 35.2. The number of phenolic OH excluding ortho intramolecular Hbond substituents is 1. The molecule has 13 nitrogen and oxygen atoms in total. The summed E-state index contributed by atoms with van der Waals surface area (Å²) in [5, 5.41) is 15.4. The number of alkyl carbamates (subject to hydrolysis) is 1. The molecule has 0 bridgehead atoms. The van der Waals surface area contributed by atoms with Crippen LogP contribution in [0.25, 0.3) is 4.91 Å². The predicted molar refractivity (Wildman–Crippen MR) is 174 cm³/mol. The standard InChI is InChI=1S/C33H43N3O10S/c1-32(2,3)36-27(38)20-26(47(36,42)43)22-15-13-21(14-16-22)19-23(35-31(41)46-33(4,5)6)29(39)34-17-8-9-18-45-25-12-10-11-24(37)28(25)30(40)44-7/h10-16,20,23,37H,8-9,17-19H2,1-7H3,(H,34,39)(H,35,41)/t23-/m0/s1. The van der Waals surface area contributed by atoms with Gasteiger partial charge in [0, 0.05) is 19.0 Å². The minimum absolute atomic E-state index is 0.0706. The van der Waals surface area contributed by atoms with Crippen LogP contribution in [0.15, 0.2) is 48.5 Å². The third-order valence-electron chi connectivity index (χ3n) is 6.79. The maximum absolute atomic E-state index is 13.2. The van der Waals surface area contributed by atoms with Crippen molar-refractivity contribution < 1.29 is 46.9 Å². The van der Waals surface area contributed by atoms with E-state index in [2.05, 4.69) is 10.6 Å². The number of ether oxygens (including phenoxy) is 3. The molecule has 0 spiro atoms. The van der Waals surface area contributed by atoms with Crippen molar-refractivity contribution in [2.24, 2.45) is 0 Å². The zero-order valence-corrected chi connectivity index (χ0v) is 28.5. The molecule has 2 aromatic carbocycles. The van der Waals surface area contributed by atoms with Crippen molar-refractivity contribution in [3.05, 3.63) is 65.2 Å². The number of carbonyl (C=O) groups excluding carboxylic acids is 4. The van der Waals surface area contributed by atoms with Crippen LogP contribution < -0.4 is 15.4 Å². The number of aromatic hydroxyl groups is 1. The summed E-state index contributed by atoms with van der Waals surface area (Å²) < 4.78 is 42.8. The summed E-state index contributed by atoms with van der Waals surface area (Å²) in [4.78, 5) is 50.2. The highest BCUT2D eigenvalue weighted by Gasteiger charge is 2.44. The highest BCUT2D eigenvalue weighted by Crippen LogP contribution is 2.35. The van der Waals surface area contributed by atoms with Gasteiger partial charge < -0.3 is 30.0 Å². The number of phenols is 1. The van der Waals surface area contributed by atoms with Crippen LogP contribution in [0.4, 0.5) is 4.79 Å². The normalized spacial score (nSPS) is 15.0. The molecule has 0 aliphatic carbocycles. The topological polar surface area (TPSA) is 178 Å². The molecule has 14 heteroatoms. The van der Waals surface area contributed by atoms with Gasteiger partial charge in [0.1, 0.15) is 33.6 Å². The van der Waals surface area contributed by atoms with Crippen LogP contribution in [-0.2, 0) is 35.5 Å². The molecule has 1 atom stereocenters. The van der Waals surface area contributed by atoms with Gasteiger partial charge in [-0.2, -0.15) is 0 Å². The SMILES string of the molecule is COC(=O)c1c(O)cccc1OCCCCNC(=O)[C@H](Cc1ccc(C2=CC(=O)N(C(C)(C)C)S2(=O)=O)cc1)NC(=O)OC(C)(C)C. The van der Waals surface area contributed by atoms with Gasteiger partial charge in [-0.15, -0.1) is 0 Å². The van der Waals surface area contributed by atoms with Gasteiger partial charge in [0.25, 0.3) is 15.9 Å². The Labute approximate surface area is 275 Å². The monoisotopic (exact) mass is 673 g/mol. The number of methoxy groups -OCH3 is 1. The average Bonchev–Trinajstić information content (AvgIpc) is 3.21. The fourth-order valence-corrected chi connectivity index (χ4v) is 6.67. The summed E-state index contributed by atoms with van der Waals surface area (Å²) in [5.41, 5.74) is -0.860. The number of nitrogens with zero attached hydrogens (tertiary/aromatic N) is 1. The van der Waals surface area contributed by atoms with E-state index >= 15 is 0 Å². The van der Waals surface area contributed by atoms with Crippen molar-refractivity contribution in [3.8, 4) is 11.5 Å². The number of esters is 1. The minimum atomic E-state index is -4.05. The third kappa shape index (κ3) is 9.70. The van der Waals surface area contributed by atoms with Crippen molar-refractivity contribution in [1.82, 2.24) is 14.9 Å². The first-order valence-electron chi connectivity index (χ1n) is 15.1. The molecule has 1 aliphatic rings. The molecule has 1 aliphatic heterocycles. The van der Waals surface area contributed by atoms with Crippen LogP contribution in [0, 0.1) is 0 Å². The maximum Gasteiger partial charge on any atom is 0.408 e.